The Balaban J connectivity index is 2.07. The minimum atomic E-state index is -5.07. The van der Waals surface area contributed by atoms with E-state index in [1.165, 1.54) is 6.07 Å². The Bertz CT molecular complexity index is 1020. The fraction of sp³-hybridized carbons (Fsp3) is 0.176. The molecule has 0 unspecified atom stereocenters. The number of amides is 1. The highest BCUT2D eigenvalue weighted by Gasteiger charge is 2.35. The first-order valence-corrected chi connectivity index (χ1v) is 8.05. The summed E-state index contributed by atoms with van der Waals surface area (Å²) in [6.07, 6.45) is -7.56. The van der Waals surface area contributed by atoms with Crippen LogP contribution in [0.4, 0.5) is 36.6 Å². The summed E-state index contributed by atoms with van der Waals surface area (Å²) in [5.41, 5.74) is -0.965. The van der Waals surface area contributed by atoms with Gasteiger partial charge in [-0.25, -0.2) is 9.07 Å². The predicted octanol–water partition coefficient (Wildman–Crippen LogP) is 4.05. The van der Waals surface area contributed by atoms with Crippen molar-refractivity contribution in [3.8, 4) is 17.0 Å². The predicted molar refractivity (Wildman–Crippen MR) is 90.4 cm³/mol. The highest BCUT2D eigenvalue weighted by atomic mass is 19.4. The number of ether oxygens (including phenoxy) is 1. The summed E-state index contributed by atoms with van der Waals surface area (Å²) in [6, 6.07) is 3.49. The highest BCUT2D eigenvalue weighted by Crippen LogP contribution is 2.33. The lowest BCUT2D eigenvalue weighted by Crippen LogP contribution is -2.30. The van der Waals surface area contributed by atoms with E-state index in [0.717, 1.165) is 29.0 Å². The molecule has 6 nitrogen and oxygen atoms in total. The van der Waals surface area contributed by atoms with Gasteiger partial charge >= 0.3 is 12.5 Å². The summed E-state index contributed by atoms with van der Waals surface area (Å²) in [7, 11) is 0. The molecule has 1 amide bonds. The van der Waals surface area contributed by atoms with E-state index in [0.29, 0.717) is 6.07 Å². The van der Waals surface area contributed by atoms with Crippen molar-refractivity contribution < 1.29 is 40.3 Å². The average molecular weight is 436 g/mol. The normalized spacial score (nSPS) is 14.5. The van der Waals surface area contributed by atoms with Gasteiger partial charge in [0, 0.05) is 17.7 Å². The zero-order chi connectivity index (χ0) is 22.1. The molecule has 2 N–H and O–H groups in total. The van der Waals surface area contributed by atoms with Gasteiger partial charge in [-0.1, -0.05) is 0 Å². The van der Waals surface area contributed by atoms with Gasteiger partial charge in [0.15, 0.2) is 5.82 Å². The number of rotatable bonds is 5. The summed E-state index contributed by atoms with van der Waals surface area (Å²) >= 11 is 0. The number of nitrogens with zero attached hydrogens (tertiary/aromatic N) is 2. The number of nitrogens with one attached hydrogen (secondary N) is 2. The van der Waals surface area contributed by atoms with Crippen molar-refractivity contribution in [3.05, 3.63) is 47.9 Å². The van der Waals surface area contributed by atoms with Crippen molar-refractivity contribution in [2.75, 3.05) is 11.9 Å². The Morgan fingerprint density at radius 2 is 1.83 bits per heavy atom. The molecule has 1 aliphatic rings. The maximum absolute atomic E-state index is 13.9. The minimum absolute atomic E-state index is 0.00258. The van der Waals surface area contributed by atoms with Gasteiger partial charge in [-0.2, -0.15) is 13.2 Å². The molecular formula is C17H11F7N4O2. The van der Waals surface area contributed by atoms with Crippen molar-refractivity contribution in [3.63, 3.8) is 0 Å². The molecule has 2 aromatic rings. The molecule has 30 heavy (non-hydrogen) atoms. The third kappa shape index (κ3) is 4.90. The van der Waals surface area contributed by atoms with Crippen molar-refractivity contribution in [2.45, 2.75) is 12.5 Å². The van der Waals surface area contributed by atoms with Gasteiger partial charge in [-0.3, -0.25) is 4.79 Å². The second-order valence-corrected chi connectivity index (χ2v) is 5.90. The van der Waals surface area contributed by atoms with Gasteiger partial charge in [0.05, 0.1) is 17.9 Å². The van der Waals surface area contributed by atoms with Crippen LogP contribution in [0.15, 0.2) is 42.1 Å². The van der Waals surface area contributed by atoms with E-state index in [-0.39, 0.29) is 35.7 Å². The molecule has 1 aliphatic heterocycles. The Hall–Kier alpha value is -3.51. The van der Waals surface area contributed by atoms with Crippen LogP contribution in [0.5, 0.6) is 5.75 Å². The third-order valence-corrected chi connectivity index (χ3v) is 3.80. The van der Waals surface area contributed by atoms with Crippen LogP contribution in [0.3, 0.4) is 0 Å². The molecule has 0 aliphatic carbocycles. The van der Waals surface area contributed by atoms with E-state index in [4.69, 9.17) is 0 Å². The van der Waals surface area contributed by atoms with E-state index < -0.39 is 29.8 Å². The first-order valence-electron chi connectivity index (χ1n) is 8.05. The lowest BCUT2D eigenvalue weighted by Gasteiger charge is -2.20. The number of benzene rings is 1. The molecular weight excluding hydrogens is 425 g/mol. The van der Waals surface area contributed by atoms with Crippen molar-refractivity contribution >= 4 is 17.9 Å². The summed E-state index contributed by atoms with van der Waals surface area (Å²) < 4.78 is 94.4. The molecule has 13 heteroatoms. The molecule has 0 spiro atoms. The minimum Gasteiger partial charge on any atom is -0.406 e. The number of hydrogen-bond acceptors (Lipinski definition) is 4. The Kier molecular flexibility index (Phi) is 5.46. The topological polar surface area (TPSA) is 68.2 Å². The maximum Gasteiger partial charge on any atom is 0.573 e. The number of aromatic nitrogens is 2. The summed E-state index contributed by atoms with van der Waals surface area (Å²) in [5, 5.41) is 8.36. The molecule has 3 rings (SSSR count). The summed E-state index contributed by atoms with van der Waals surface area (Å²) in [5.74, 6) is -1.96. The molecule has 0 bridgehead atoms. The van der Waals surface area contributed by atoms with Gasteiger partial charge in [0.1, 0.15) is 17.3 Å². The number of anilines is 1. The van der Waals surface area contributed by atoms with Gasteiger partial charge < -0.3 is 15.4 Å². The maximum atomic E-state index is 13.9. The van der Waals surface area contributed by atoms with E-state index >= 15 is 0 Å². The lowest BCUT2D eigenvalue weighted by atomic mass is 10.1. The first kappa shape index (κ1) is 21.2. The quantitative estimate of drug-likeness (QED) is 0.549. The number of allylic oxidation sites excluding steroid dienone is 3. The molecule has 0 saturated heterocycles. The van der Waals surface area contributed by atoms with E-state index in [1.54, 1.807) is 0 Å². The number of hydrogen-bond donors (Lipinski definition) is 2. The van der Waals surface area contributed by atoms with Crippen LogP contribution in [0.1, 0.15) is 0 Å². The van der Waals surface area contributed by atoms with Crippen LogP contribution in [0.2, 0.25) is 0 Å². The summed E-state index contributed by atoms with van der Waals surface area (Å²) in [4.78, 5) is 10.7. The molecule has 0 atom stereocenters. The Morgan fingerprint density at radius 3 is 2.40 bits per heavy atom. The van der Waals surface area contributed by atoms with Crippen molar-refractivity contribution in [1.82, 2.24) is 15.1 Å². The first-order chi connectivity index (χ1) is 14.0. The van der Waals surface area contributed by atoms with Crippen molar-refractivity contribution in [1.29, 1.82) is 0 Å². The Labute approximate surface area is 163 Å². The molecule has 0 radical (unpaired) electrons. The number of alkyl halides is 6. The highest BCUT2D eigenvalue weighted by molar-refractivity contribution is 5.75. The van der Waals surface area contributed by atoms with Gasteiger partial charge in [0.25, 0.3) is 0 Å². The molecule has 0 saturated carbocycles. The van der Waals surface area contributed by atoms with Crippen LogP contribution in [-0.4, -0.2) is 35.3 Å². The molecule has 160 valence electrons. The summed E-state index contributed by atoms with van der Waals surface area (Å²) in [6.45, 7) is -0.345. The van der Waals surface area contributed by atoms with Gasteiger partial charge in [-0.05, 0) is 24.3 Å². The van der Waals surface area contributed by atoms with E-state index in [2.05, 4.69) is 20.5 Å². The zero-order valence-electron chi connectivity index (χ0n) is 14.6. The van der Waals surface area contributed by atoms with Crippen LogP contribution in [0, 0.1) is 5.82 Å². The smallest absolute Gasteiger partial charge is 0.406 e. The fourth-order valence-electron chi connectivity index (χ4n) is 2.66. The second-order valence-electron chi connectivity index (χ2n) is 5.90. The number of dihydropyridines is 1. The van der Waals surface area contributed by atoms with Crippen LogP contribution >= 0.6 is 0 Å². The molecule has 2 heterocycles. The van der Waals surface area contributed by atoms with Crippen LogP contribution < -0.4 is 15.4 Å². The molecule has 1 aromatic heterocycles. The van der Waals surface area contributed by atoms with Crippen LogP contribution in [-0.2, 0) is 4.79 Å². The Morgan fingerprint density at radius 1 is 1.10 bits per heavy atom. The number of halogens is 7. The SMILES string of the molecule is O=CNc1cc(-c2cc(F)cc(OC(F)(F)F)c2)n(C2=CC=C(C(F)(F)F)NC2)n1. The fourth-order valence-corrected chi connectivity index (χ4v) is 2.66. The second kappa shape index (κ2) is 7.72. The van der Waals surface area contributed by atoms with Crippen molar-refractivity contribution in [2.24, 2.45) is 0 Å². The standard InChI is InChI=1S/C17H11F7N4O2/c18-10-3-9(4-12(5-10)30-17(22,23)24)13-6-15(26-8-29)27-28(13)11-1-2-14(25-7-11)16(19,20)21/h1-6,8,25H,7H2,(H,26,27,29). The molecule has 1 aromatic carbocycles. The monoisotopic (exact) mass is 436 g/mol. The average Bonchev–Trinajstić information content (AvgIpc) is 3.03. The van der Waals surface area contributed by atoms with E-state index in [9.17, 15) is 35.5 Å². The third-order valence-electron chi connectivity index (χ3n) is 3.80. The lowest BCUT2D eigenvalue weighted by molar-refractivity contribution is -0.274. The van der Waals surface area contributed by atoms with Crippen LogP contribution in [0.25, 0.3) is 17.0 Å². The largest absolute Gasteiger partial charge is 0.573 e. The van der Waals surface area contributed by atoms with Gasteiger partial charge in [-0.15, -0.1) is 18.3 Å². The van der Waals surface area contributed by atoms with Gasteiger partial charge in [0.2, 0.25) is 6.41 Å². The number of carbonyl (C=O) groups is 1. The number of carbonyl (C=O) groups excluding carboxylic acids is 1. The molecule has 0 fully saturated rings. The zero-order valence-corrected chi connectivity index (χ0v) is 14.6. The van der Waals surface area contributed by atoms with E-state index in [1.807, 2.05) is 0 Å².